The van der Waals surface area contributed by atoms with Crippen molar-refractivity contribution >= 4 is 0 Å². The molecule has 0 heterocycles. The van der Waals surface area contributed by atoms with Gasteiger partial charge in [0.2, 0.25) is 0 Å². The molecule has 0 spiro atoms. The molecule has 12 aromatic rings. The van der Waals surface area contributed by atoms with Crippen LogP contribution in [0.25, 0.3) is 111 Å². The van der Waals surface area contributed by atoms with Gasteiger partial charge in [-0.05, 0) is 167 Å². The molecule has 0 fully saturated rings. The predicted molar refractivity (Wildman–Crippen MR) is 320 cm³/mol. The van der Waals surface area contributed by atoms with Gasteiger partial charge in [0.25, 0.3) is 0 Å². The first-order valence-electron chi connectivity index (χ1n) is 25.9. The second-order valence-corrected chi connectivity index (χ2v) is 19.1. The summed E-state index contributed by atoms with van der Waals surface area (Å²) in [6.45, 7) is 2.17. The van der Waals surface area contributed by atoms with E-state index in [1.165, 1.54) is 27.8 Å². The molecule has 0 saturated heterocycles. The molecule has 1 nitrogen and oxygen atoms in total. The van der Waals surface area contributed by atoms with Gasteiger partial charge in [0.1, 0.15) is 11.5 Å². The standard InChI is InChI=1S/C75H52O/c1-3-53-25-23-39-63(49-53)69-51-67(55-28-12-5-13-29-55)73(75(59-36-20-9-21-37-59)71(69)57-32-16-7-17-33-57)61-42-46-65(47-43-61)76-64-44-40-60(41-45-64)72-66(54-26-10-4-11-27-54)50-68(62-38-22-24-52(2)48-62)70(56-30-14-6-15-31-56)74(72)58-34-18-8-19-35-58/h1,4-51H,2H3. The molecule has 12 rings (SSSR count). The van der Waals surface area contributed by atoms with Crippen molar-refractivity contribution in [3.8, 4) is 135 Å². The van der Waals surface area contributed by atoms with Crippen LogP contribution in [0.2, 0.25) is 0 Å². The summed E-state index contributed by atoms with van der Waals surface area (Å²) in [4.78, 5) is 0. The lowest BCUT2D eigenvalue weighted by molar-refractivity contribution is 0.483. The SMILES string of the molecule is C#Cc1cccc(-c2cc(-c3ccccc3)c(-c3ccc(Oc4ccc(-c5c(-c6ccccc6)cc(-c6cccc(C)c6)c(-c6ccccc6)c5-c5ccccc5)cc4)cc3)c(-c3ccccc3)c2-c2ccccc2)c1. The minimum absolute atomic E-state index is 0.744. The Bertz CT molecular complexity index is 4010. The number of aryl methyl sites for hydroxylation is 1. The minimum atomic E-state index is 0.744. The van der Waals surface area contributed by atoms with Crippen LogP contribution in [-0.2, 0) is 0 Å². The van der Waals surface area contributed by atoms with Crippen molar-refractivity contribution in [3.63, 3.8) is 0 Å². The molecular weight excluding hydrogens is 917 g/mol. The highest BCUT2D eigenvalue weighted by atomic mass is 16.5. The summed E-state index contributed by atoms with van der Waals surface area (Å²) in [5.41, 5.74) is 24.9. The van der Waals surface area contributed by atoms with Crippen molar-refractivity contribution in [1.82, 2.24) is 0 Å². The first-order valence-corrected chi connectivity index (χ1v) is 25.9. The van der Waals surface area contributed by atoms with E-state index in [9.17, 15) is 0 Å². The number of hydrogen-bond acceptors (Lipinski definition) is 1. The van der Waals surface area contributed by atoms with Crippen molar-refractivity contribution in [1.29, 1.82) is 0 Å². The molecule has 12 aromatic carbocycles. The summed E-state index contributed by atoms with van der Waals surface area (Å²) in [5.74, 6) is 4.37. The van der Waals surface area contributed by atoms with Crippen LogP contribution in [-0.4, -0.2) is 0 Å². The molecule has 0 bridgehead atoms. The topological polar surface area (TPSA) is 9.23 Å². The molecule has 76 heavy (non-hydrogen) atoms. The van der Waals surface area contributed by atoms with Gasteiger partial charge in [0.15, 0.2) is 0 Å². The van der Waals surface area contributed by atoms with Crippen molar-refractivity contribution in [2.24, 2.45) is 0 Å². The van der Waals surface area contributed by atoms with Crippen LogP contribution in [0.4, 0.5) is 0 Å². The van der Waals surface area contributed by atoms with Gasteiger partial charge in [-0.2, -0.15) is 0 Å². The predicted octanol–water partition coefficient (Wildman–Crippen LogP) is 20.4. The minimum Gasteiger partial charge on any atom is -0.457 e. The van der Waals surface area contributed by atoms with E-state index in [-0.39, 0.29) is 0 Å². The number of rotatable bonds is 12. The molecule has 0 aromatic heterocycles. The normalized spacial score (nSPS) is 10.9. The Hall–Kier alpha value is -10.0. The zero-order chi connectivity index (χ0) is 51.2. The molecule has 0 aliphatic carbocycles. The van der Waals surface area contributed by atoms with Gasteiger partial charge in [0, 0.05) is 5.56 Å². The third-order valence-electron chi connectivity index (χ3n) is 14.3. The van der Waals surface area contributed by atoms with Gasteiger partial charge < -0.3 is 4.74 Å². The fraction of sp³-hybridized carbons (Fsp3) is 0.0133. The highest BCUT2D eigenvalue weighted by molar-refractivity contribution is 6.09. The van der Waals surface area contributed by atoms with E-state index in [2.05, 4.69) is 298 Å². The van der Waals surface area contributed by atoms with Crippen molar-refractivity contribution < 1.29 is 4.74 Å². The molecule has 0 amide bonds. The molecule has 1 heteroatoms. The van der Waals surface area contributed by atoms with Gasteiger partial charge in [0.05, 0.1) is 0 Å². The molecule has 358 valence electrons. The summed E-state index contributed by atoms with van der Waals surface area (Å²) >= 11 is 0. The van der Waals surface area contributed by atoms with Crippen LogP contribution in [0.15, 0.2) is 291 Å². The molecular formula is C75H52O. The Morgan fingerprint density at radius 2 is 0.539 bits per heavy atom. The first-order chi connectivity index (χ1) is 37.6. The monoisotopic (exact) mass is 968 g/mol. The quantitative estimate of drug-likeness (QED) is 0.111. The summed E-state index contributed by atoms with van der Waals surface area (Å²) in [5, 5.41) is 0. The van der Waals surface area contributed by atoms with Gasteiger partial charge in [-0.1, -0.05) is 254 Å². The van der Waals surface area contributed by atoms with E-state index < -0.39 is 0 Å². The molecule has 0 aliphatic rings. The average molecular weight is 969 g/mol. The average Bonchev–Trinajstić information content (AvgIpc) is 3.56. The van der Waals surface area contributed by atoms with Crippen LogP contribution in [0, 0.1) is 19.3 Å². The maximum Gasteiger partial charge on any atom is 0.127 e. The van der Waals surface area contributed by atoms with Crippen molar-refractivity contribution in [2.75, 3.05) is 0 Å². The van der Waals surface area contributed by atoms with E-state index in [0.717, 1.165) is 106 Å². The zero-order valence-corrected chi connectivity index (χ0v) is 42.2. The zero-order valence-electron chi connectivity index (χ0n) is 42.2. The van der Waals surface area contributed by atoms with Gasteiger partial charge in [-0.25, -0.2) is 0 Å². The third kappa shape index (κ3) is 9.44. The molecule has 0 N–H and O–H groups in total. The van der Waals surface area contributed by atoms with Gasteiger partial charge in [-0.15, -0.1) is 6.42 Å². The largest absolute Gasteiger partial charge is 0.457 e. The smallest absolute Gasteiger partial charge is 0.127 e. The molecule has 0 aliphatic heterocycles. The van der Waals surface area contributed by atoms with Crippen molar-refractivity contribution in [3.05, 3.63) is 302 Å². The van der Waals surface area contributed by atoms with E-state index >= 15 is 0 Å². The Morgan fingerprint density at radius 3 is 0.895 bits per heavy atom. The fourth-order valence-electron chi connectivity index (χ4n) is 10.8. The van der Waals surface area contributed by atoms with Gasteiger partial charge >= 0.3 is 0 Å². The summed E-state index contributed by atoms with van der Waals surface area (Å²) < 4.78 is 6.78. The van der Waals surface area contributed by atoms with E-state index in [0.29, 0.717) is 0 Å². The Labute approximate surface area is 446 Å². The molecule has 0 radical (unpaired) electrons. The molecule has 0 atom stereocenters. The fourth-order valence-corrected chi connectivity index (χ4v) is 10.8. The highest BCUT2D eigenvalue weighted by Crippen LogP contribution is 2.52. The second kappa shape index (κ2) is 21.2. The van der Waals surface area contributed by atoms with E-state index in [1.54, 1.807) is 0 Å². The third-order valence-corrected chi connectivity index (χ3v) is 14.3. The lowest BCUT2D eigenvalue weighted by Gasteiger charge is -2.25. The Morgan fingerprint density at radius 1 is 0.250 bits per heavy atom. The lowest BCUT2D eigenvalue weighted by atomic mass is 9.78. The number of hydrogen-bond donors (Lipinski definition) is 0. The molecule has 0 saturated carbocycles. The maximum absolute atomic E-state index is 6.78. The molecule has 0 unspecified atom stereocenters. The Balaban J connectivity index is 0.995. The van der Waals surface area contributed by atoms with E-state index in [4.69, 9.17) is 11.2 Å². The lowest BCUT2D eigenvalue weighted by Crippen LogP contribution is -1.98. The Kier molecular flexibility index (Phi) is 13.1. The van der Waals surface area contributed by atoms with Crippen LogP contribution in [0.1, 0.15) is 11.1 Å². The van der Waals surface area contributed by atoms with Crippen LogP contribution in [0.5, 0.6) is 11.5 Å². The van der Waals surface area contributed by atoms with Crippen LogP contribution in [0.3, 0.4) is 0 Å². The number of ether oxygens (including phenoxy) is 1. The summed E-state index contributed by atoms with van der Waals surface area (Å²) in [6.07, 6.45) is 6.02. The summed E-state index contributed by atoms with van der Waals surface area (Å²) in [7, 11) is 0. The van der Waals surface area contributed by atoms with Crippen LogP contribution >= 0.6 is 0 Å². The highest BCUT2D eigenvalue weighted by Gasteiger charge is 2.26. The number of benzene rings is 12. The van der Waals surface area contributed by atoms with Crippen molar-refractivity contribution in [2.45, 2.75) is 6.92 Å². The van der Waals surface area contributed by atoms with Gasteiger partial charge in [-0.3, -0.25) is 0 Å². The van der Waals surface area contributed by atoms with E-state index in [1.807, 2.05) is 6.07 Å². The number of terminal acetylenes is 1. The second-order valence-electron chi connectivity index (χ2n) is 19.1. The van der Waals surface area contributed by atoms with Crippen LogP contribution < -0.4 is 4.74 Å². The first kappa shape index (κ1) is 47.0. The maximum atomic E-state index is 6.78. The summed E-state index contributed by atoms with van der Waals surface area (Å²) in [6, 6.07) is 104.